The number of benzene rings is 1. The highest BCUT2D eigenvalue weighted by atomic mass is 79.9. The third kappa shape index (κ3) is 3.89. The molecular weight excluding hydrogens is 360 g/mol. The van der Waals surface area contributed by atoms with E-state index >= 15 is 0 Å². The van der Waals surface area contributed by atoms with Crippen LogP contribution in [0, 0.1) is 6.92 Å². The Labute approximate surface area is 137 Å². The normalized spacial score (nSPS) is 11.1. The number of aryl methyl sites for hydroxylation is 1. The molecule has 2 N–H and O–H groups in total. The summed E-state index contributed by atoms with van der Waals surface area (Å²) < 4.78 is 0.682. The van der Waals surface area contributed by atoms with Crippen molar-refractivity contribution in [3.8, 4) is 0 Å². The Balaban J connectivity index is 3.04. The maximum absolute atomic E-state index is 12.3. The van der Waals surface area contributed by atoms with Gasteiger partial charge in [0.2, 0.25) is 0 Å². The Kier molecular flexibility index (Phi) is 5.64. The Morgan fingerprint density at radius 2 is 2.00 bits per heavy atom. The number of hydrogen-bond donors (Lipinski definition) is 2. The first-order chi connectivity index (χ1) is 9.61. The van der Waals surface area contributed by atoms with Crippen molar-refractivity contribution in [3.63, 3.8) is 0 Å². The van der Waals surface area contributed by atoms with Crippen LogP contribution in [0.3, 0.4) is 0 Å². The fraction of sp³-hybridized carbons (Fsp3) is 0.429. The molecule has 0 atom stereocenters. The highest BCUT2D eigenvalue weighted by Crippen LogP contribution is 2.29. The second-order valence-corrected chi connectivity index (χ2v) is 6.38. The minimum atomic E-state index is -1.31. The minimum absolute atomic E-state index is 0.266. The van der Waals surface area contributed by atoms with Crippen molar-refractivity contribution in [1.82, 2.24) is 4.90 Å². The number of rotatable bonds is 4. The molecule has 0 aliphatic rings. The van der Waals surface area contributed by atoms with Crippen LogP contribution in [-0.2, 0) is 4.79 Å². The molecule has 0 bridgehead atoms. The topological polar surface area (TPSA) is 69.6 Å². The summed E-state index contributed by atoms with van der Waals surface area (Å²) in [5, 5.41) is 12.4. The molecule has 0 aliphatic heterocycles. The van der Waals surface area contributed by atoms with Crippen LogP contribution in [-0.4, -0.2) is 34.1 Å². The summed E-state index contributed by atoms with van der Waals surface area (Å²) in [6.45, 7) is 6.81. The molecule has 1 aromatic rings. The first-order valence-corrected chi connectivity index (χ1v) is 7.56. The Morgan fingerprint density at radius 1 is 1.43 bits per heavy atom. The second-order valence-electron chi connectivity index (χ2n) is 5.12. The third-order valence-corrected chi connectivity index (χ3v) is 4.31. The summed E-state index contributed by atoms with van der Waals surface area (Å²) in [5.41, 5.74) is 0.0646. The van der Waals surface area contributed by atoms with Gasteiger partial charge in [-0.15, -0.1) is 0 Å². The lowest BCUT2D eigenvalue weighted by molar-refractivity contribution is -0.147. The summed E-state index contributed by atoms with van der Waals surface area (Å²) in [7, 11) is 0. The maximum Gasteiger partial charge on any atom is 0.329 e. The first-order valence-electron chi connectivity index (χ1n) is 6.39. The van der Waals surface area contributed by atoms with Crippen molar-refractivity contribution in [2.45, 2.75) is 33.2 Å². The van der Waals surface area contributed by atoms with Gasteiger partial charge >= 0.3 is 12.0 Å². The average molecular weight is 378 g/mol. The number of carbonyl (C=O) groups is 2. The summed E-state index contributed by atoms with van der Waals surface area (Å²) >= 11 is 9.40. The van der Waals surface area contributed by atoms with Crippen molar-refractivity contribution < 1.29 is 14.7 Å². The number of urea groups is 1. The predicted molar refractivity (Wildman–Crippen MR) is 87.0 cm³/mol. The monoisotopic (exact) mass is 376 g/mol. The van der Waals surface area contributed by atoms with Gasteiger partial charge in [-0.2, -0.15) is 0 Å². The number of hydrogen-bond acceptors (Lipinski definition) is 2. The second kappa shape index (κ2) is 6.66. The molecule has 0 heterocycles. The minimum Gasteiger partial charge on any atom is -0.480 e. The smallest absolute Gasteiger partial charge is 0.329 e. The molecule has 0 aliphatic carbocycles. The molecule has 21 heavy (non-hydrogen) atoms. The molecule has 7 heteroatoms. The molecule has 1 aromatic carbocycles. The number of amides is 2. The van der Waals surface area contributed by atoms with Crippen molar-refractivity contribution in [1.29, 1.82) is 0 Å². The molecule has 116 valence electrons. The van der Waals surface area contributed by atoms with E-state index in [1.54, 1.807) is 19.1 Å². The standard InChI is InChI=1S/C14H18BrClN2O3/c1-5-18(14(3,4)12(19)20)13(21)17-11-7-10(16)8(2)6-9(11)15/h6-7H,5H2,1-4H3,(H,17,21)(H,19,20). The zero-order valence-electron chi connectivity index (χ0n) is 12.3. The van der Waals surface area contributed by atoms with E-state index in [2.05, 4.69) is 21.2 Å². The number of halogens is 2. The molecule has 0 spiro atoms. The van der Waals surface area contributed by atoms with Gasteiger partial charge in [-0.25, -0.2) is 9.59 Å². The van der Waals surface area contributed by atoms with Crippen LogP contribution < -0.4 is 5.32 Å². The SMILES string of the molecule is CCN(C(=O)Nc1cc(Cl)c(C)cc1Br)C(C)(C)C(=O)O. The van der Waals surface area contributed by atoms with Crippen LogP contribution in [0.5, 0.6) is 0 Å². The molecule has 2 amide bonds. The molecule has 0 saturated heterocycles. The number of nitrogens with one attached hydrogen (secondary N) is 1. The molecule has 0 aromatic heterocycles. The first kappa shape index (κ1) is 17.8. The van der Waals surface area contributed by atoms with Crippen LogP contribution in [0.2, 0.25) is 5.02 Å². The number of carbonyl (C=O) groups excluding carboxylic acids is 1. The molecule has 0 radical (unpaired) electrons. The molecular formula is C14H18BrClN2O3. The van der Waals surface area contributed by atoms with E-state index in [0.29, 0.717) is 15.2 Å². The maximum atomic E-state index is 12.3. The Bertz CT molecular complexity index is 576. The van der Waals surface area contributed by atoms with Crippen molar-refractivity contribution in [2.24, 2.45) is 0 Å². The van der Waals surface area contributed by atoms with Crippen molar-refractivity contribution in [2.75, 3.05) is 11.9 Å². The summed E-state index contributed by atoms with van der Waals surface area (Å²) in [6, 6.07) is 2.92. The van der Waals surface area contributed by atoms with Crippen molar-refractivity contribution >= 4 is 45.2 Å². The quantitative estimate of drug-likeness (QED) is 0.829. The predicted octanol–water partition coefficient (Wildman–Crippen LogP) is 4.13. The van der Waals surface area contributed by atoms with Gasteiger partial charge < -0.3 is 15.3 Å². The zero-order valence-corrected chi connectivity index (χ0v) is 14.7. The van der Waals surface area contributed by atoms with E-state index in [9.17, 15) is 14.7 Å². The fourth-order valence-corrected chi connectivity index (χ4v) is 2.55. The largest absolute Gasteiger partial charge is 0.480 e. The number of aliphatic carboxylic acids is 1. The van der Waals surface area contributed by atoms with Gasteiger partial charge in [0.15, 0.2) is 0 Å². The van der Waals surface area contributed by atoms with Gasteiger partial charge in [0.05, 0.1) is 5.69 Å². The van der Waals surface area contributed by atoms with E-state index in [4.69, 9.17) is 11.6 Å². The van der Waals surface area contributed by atoms with Crippen LogP contribution in [0.4, 0.5) is 10.5 Å². The fourth-order valence-electron chi connectivity index (χ4n) is 1.83. The molecule has 0 unspecified atom stereocenters. The van der Waals surface area contributed by atoms with Crippen LogP contribution >= 0.6 is 27.5 Å². The van der Waals surface area contributed by atoms with Gasteiger partial charge in [0.1, 0.15) is 5.54 Å². The molecule has 5 nitrogen and oxygen atoms in total. The summed E-state index contributed by atoms with van der Waals surface area (Å²) in [5.74, 6) is -1.07. The van der Waals surface area contributed by atoms with E-state index in [0.717, 1.165) is 5.56 Å². The van der Waals surface area contributed by atoms with Crippen LogP contribution in [0.1, 0.15) is 26.3 Å². The zero-order chi connectivity index (χ0) is 16.4. The lowest BCUT2D eigenvalue weighted by Crippen LogP contribution is -2.54. The van der Waals surface area contributed by atoms with E-state index < -0.39 is 17.5 Å². The molecule has 0 fully saturated rings. The lowest BCUT2D eigenvalue weighted by Gasteiger charge is -2.34. The molecule has 1 rings (SSSR count). The Hall–Kier alpha value is -1.27. The number of carboxylic acids is 1. The van der Waals surface area contributed by atoms with E-state index in [-0.39, 0.29) is 6.54 Å². The molecule has 0 saturated carbocycles. The highest BCUT2D eigenvalue weighted by molar-refractivity contribution is 9.10. The number of carboxylic acid groups (broad SMARTS) is 1. The van der Waals surface area contributed by atoms with Gasteiger partial charge in [-0.1, -0.05) is 11.6 Å². The summed E-state index contributed by atoms with van der Waals surface area (Å²) in [4.78, 5) is 24.9. The van der Waals surface area contributed by atoms with Gasteiger partial charge in [0, 0.05) is 16.0 Å². The highest BCUT2D eigenvalue weighted by Gasteiger charge is 2.37. The van der Waals surface area contributed by atoms with Gasteiger partial charge in [0.25, 0.3) is 0 Å². The van der Waals surface area contributed by atoms with Gasteiger partial charge in [-0.05, 0) is 61.3 Å². The summed E-state index contributed by atoms with van der Waals surface area (Å²) in [6.07, 6.45) is 0. The lowest BCUT2D eigenvalue weighted by atomic mass is 10.0. The van der Waals surface area contributed by atoms with Crippen LogP contribution in [0.15, 0.2) is 16.6 Å². The average Bonchev–Trinajstić information content (AvgIpc) is 2.36. The number of likely N-dealkylation sites (N-methyl/N-ethyl adjacent to an activating group) is 1. The van der Waals surface area contributed by atoms with E-state index in [1.165, 1.54) is 18.7 Å². The van der Waals surface area contributed by atoms with Gasteiger partial charge in [-0.3, -0.25) is 0 Å². The third-order valence-electron chi connectivity index (χ3n) is 3.25. The number of anilines is 1. The van der Waals surface area contributed by atoms with Crippen LogP contribution in [0.25, 0.3) is 0 Å². The number of nitrogens with zero attached hydrogens (tertiary/aromatic N) is 1. The van der Waals surface area contributed by atoms with E-state index in [1.807, 2.05) is 6.92 Å². The Morgan fingerprint density at radius 3 is 2.48 bits per heavy atom. The van der Waals surface area contributed by atoms with Crippen molar-refractivity contribution in [3.05, 3.63) is 27.2 Å².